The molecule has 1 aromatic carbocycles. The van der Waals surface area contributed by atoms with Gasteiger partial charge in [0.25, 0.3) is 0 Å². The van der Waals surface area contributed by atoms with Crippen LogP contribution in [0.25, 0.3) is 10.4 Å². The van der Waals surface area contributed by atoms with Gasteiger partial charge in [-0.3, -0.25) is 0 Å². The van der Waals surface area contributed by atoms with Crippen molar-refractivity contribution >= 4 is 35.5 Å². The maximum absolute atomic E-state index is 6.18. The molecule has 3 rings (SSSR count). The maximum atomic E-state index is 6.18. The summed E-state index contributed by atoms with van der Waals surface area (Å²) < 4.78 is 12.1. The summed E-state index contributed by atoms with van der Waals surface area (Å²) in [6.07, 6.45) is 0. The highest BCUT2D eigenvalue weighted by Crippen LogP contribution is 2.37. The average molecular weight is 321 g/mol. The van der Waals surface area contributed by atoms with Gasteiger partial charge in [0.15, 0.2) is 0 Å². The smallest absolute Gasteiger partial charge is 0.399 e. The van der Waals surface area contributed by atoms with E-state index in [0.29, 0.717) is 0 Å². The van der Waals surface area contributed by atoms with Crippen molar-refractivity contribution in [1.82, 2.24) is 0 Å². The summed E-state index contributed by atoms with van der Waals surface area (Å²) in [5, 5.41) is 2.79. The molecule has 1 aliphatic rings. The first kappa shape index (κ1) is 15.1. The van der Waals surface area contributed by atoms with Crippen molar-refractivity contribution in [2.24, 2.45) is 0 Å². The van der Waals surface area contributed by atoms with E-state index in [9.17, 15) is 0 Å². The Morgan fingerprint density at radius 3 is 2.00 bits per heavy atom. The molecule has 1 aromatic heterocycles. The Hall–Kier alpha value is -0.805. The van der Waals surface area contributed by atoms with Gasteiger partial charge in [-0.1, -0.05) is 35.9 Å². The third kappa shape index (κ3) is 2.66. The third-order valence-electron chi connectivity index (χ3n) is 4.32. The van der Waals surface area contributed by atoms with Gasteiger partial charge in [-0.2, -0.15) is 0 Å². The summed E-state index contributed by atoms with van der Waals surface area (Å²) in [4.78, 5) is 1.09. The van der Waals surface area contributed by atoms with Gasteiger partial charge in [-0.25, -0.2) is 0 Å². The van der Waals surface area contributed by atoms with E-state index in [-0.39, 0.29) is 18.3 Å². The van der Waals surface area contributed by atoms with Crippen LogP contribution in [0.1, 0.15) is 27.7 Å². The van der Waals surface area contributed by atoms with Gasteiger partial charge in [-0.15, -0.1) is 11.3 Å². The van der Waals surface area contributed by atoms with Crippen LogP contribution in [0, 0.1) is 0 Å². The van der Waals surface area contributed by atoms with Crippen LogP contribution in [0.3, 0.4) is 0 Å². The topological polar surface area (TPSA) is 18.5 Å². The largest absolute Gasteiger partial charge is 0.494 e. The third-order valence-corrected chi connectivity index (χ3v) is 5.71. The van der Waals surface area contributed by atoms with Gasteiger partial charge in [0.1, 0.15) is 0 Å². The molecule has 0 aliphatic carbocycles. The van der Waals surface area contributed by atoms with E-state index < -0.39 is 0 Å². The van der Waals surface area contributed by atoms with Crippen molar-refractivity contribution in [3.63, 3.8) is 0 Å². The fourth-order valence-electron chi connectivity index (χ4n) is 2.27. The predicted octanol–water partition coefficient (Wildman–Crippen LogP) is 4.37. The normalized spacial score (nSPS) is 20.0. The SMILES string of the molecule is CC1(C)OB(c2ccc(-c3sccc3Cl)cc2)OC1(C)C. The Kier molecular flexibility index (Phi) is 3.69. The first-order valence-corrected chi connectivity index (χ1v) is 8.25. The average Bonchev–Trinajstić information content (AvgIpc) is 2.92. The van der Waals surface area contributed by atoms with Crippen LogP contribution < -0.4 is 5.46 Å². The van der Waals surface area contributed by atoms with Crippen LogP contribution in [-0.2, 0) is 9.31 Å². The molecule has 110 valence electrons. The Morgan fingerprint density at radius 2 is 1.52 bits per heavy atom. The molecule has 0 unspecified atom stereocenters. The van der Waals surface area contributed by atoms with Crippen LogP contribution >= 0.6 is 22.9 Å². The van der Waals surface area contributed by atoms with Crippen molar-refractivity contribution in [3.8, 4) is 10.4 Å². The molecule has 2 heterocycles. The predicted molar refractivity (Wildman–Crippen MR) is 90.5 cm³/mol. The highest BCUT2D eigenvalue weighted by Gasteiger charge is 2.51. The van der Waals surface area contributed by atoms with Crippen molar-refractivity contribution < 1.29 is 9.31 Å². The standard InChI is InChI=1S/C16H18BClO2S/c1-15(2)16(3,4)20-17(19-15)12-7-5-11(6-8-12)14-13(18)9-10-21-14/h5-10H,1-4H3. The highest BCUT2D eigenvalue weighted by atomic mass is 35.5. The van der Waals surface area contributed by atoms with E-state index in [4.69, 9.17) is 20.9 Å². The minimum absolute atomic E-state index is 0.312. The fourth-order valence-corrected chi connectivity index (χ4v) is 3.44. The van der Waals surface area contributed by atoms with E-state index in [1.165, 1.54) is 0 Å². The zero-order valence-corrected chi connectivity index (χ0v) is 14.2. The van der Waals surface area contributed by atoms with Crippen LogP contribution in [-0.4, -0.2) is 18.3 Å². The quantitative estimate of drug-likeness (QED) is 0.765. The second-order valence-corrected chi connectivity index (χ2v) is 7.63. The van der Waals surface area contributed by atoms with Gasteiger partial charge in [-0.05, 0) is 50.2 Å². The molecule has 2 nitrogen and oxygen atoms in total. The molecular weight excluding hydrogens is 303 g/mol. The summed E-state index contributed by atoms with van der Waals surface area (Å²) >= 11 is 7.82. The summed E-state index contributed by atoms with van der Waals surface area (Å²) in [6, 6.07) is 10.2. The van der Waals surface area contributed by atoms with E-state index in [1.54, 1.807) is 11.3 Å². The summed E-state index contributed by atoms with van der Waals surface area (Å²) in [5.41, 5.74) is 1.53. The molecule has 1 aliphatic heterocycles. The van der Waals surface area contributed by atoms with Crippen LogP contribution in [0.4, 0.5) is 0 Å². The number of hydrogen-bond acceptors (Lipinski definition) is 3. The minimum atomic E-state index is -0.317. The molecule has 2 aromatic rings. The molecule has 0 spiro atoms. The van der Waals surface area contributed by atoms with E-state index in [2.05, 4.69) is 39.8 Å². The second kappa shape index (κ2) is 5.13. The lowest BCUT2D eigenvalue weighted by atomic mass is 9.79. The van der Waals surface area contributed by atoms with Gasteiger partial charge in [0.05, 0.1) is 21.1 Å². The van der Waals surface area contributed by atoms with Crippen molar-refractivity contribution in [2.45, 2.75) is 38.9 Å². The van der Waals surface area contributed by atoms with E-state index in [0.717, 1.165) is 20.9 Å². The lowest BCUT2D eigenvalue weighted by Crippen LogP contribution is -2.41. The van der Waals surface area contributed by atoms with E-state index in [1.807, 2.05) is 23.6 Å². The highest BCUT2D eigenvalue weighted by molar-refractivity contribution is 7.14. The zero-order valence-electron chi connectivity index (χ0n) is 12.6. The molecule has 1 saturated heterocycles. The molecule has 0 radical (unpaired) electrons. The Balaban J connectivity index is 1.85. The molecule has 1 fully saturated rings. The maximum Gasteiger partial charge on any atom is 0.494 e. The summed E-state index contributed by atoms with van der Waals surface area (Å²) in [5.74, 6) is 0. The number of hydrogen-bond donors (Lipinski definition) is 0. The van der Waals surface area contributed by atoms with E-state index >= 15 is 0 Å². The van der Waals surface area contributed by atoms with Gasteiger partial charge in [0.2, 0.25) is 0 Å². The van der Waals surface area contributed by atoms with Gasteiger partial charge in [0, 0.05) is 0 Å². The van der Waals surface area contributed by atoms with Crippen molar-refractivity contribution in [3.05, 3.63) is 40.7 Å². The van der Waals surface area contributed by atoms with Gasteiger partial charge < -0.3 is 9.31 Å². The molecule has 21 heavy (non-hydrogen) atoms. The number of thiophene rings is 1. The van der Waals surface area contributed by atoms with Gasteiger partial charge >= 0.3 is 7.12 Å². The molecule has 0 bridgehead atoms. The number of halogens is 1. The first-order valence-electron chi connectivity index (χ1n) is 6.99. The molecule has 0 saturated carbocycles. The first-order chi connectivity index (χ1) is 9.80. The summed E-state index contributed by atoms with van der Waals surface area (Å²) in [6.45, 7) is 8.25. The molecule has 5 heteroatoms. The van der Waals surface area contributed by atoms with Crippen LogP contribution in [0.15, 0.2) is 35.7 Å². The molecular formula is C16H18BClO2S. The molecule has 0 amide bonds. The van der Waals surface area contributed by atoms with Crippen LogP contribution in [0.2, 0.25) is 5.02 Å². The Bertz CT molecular complexity index is 633. The lowest BCUT2D eigenvalue weighted by molar-refractivity contribution is 0.00578. The number of rotatable bonds is 2. The van der Waals surface area contributed by atoms with Crippen LogP contribution in [0.5, 0.6) is 0 Å². The molecule has 0 atom stereocenters. The zero-order chi connectivity index (χ0) is 15.3. The second-order valence-electron chi connectivity index (χ2n) is 6.31. The fraction of sp³-hybridized carbons (Fsp3) is 0.375. The Labute approximate surface area is 135 Å². The lowest BCUT2D eigenvalue weighted by Gasteiger charge is -2.32. The minimum Gasteiger partial charge on any atom is -0.399 e. The number of benzene rings is 1. The Morgan fingerprint density at radius 1 is 0.952 bits per heavy atom. The molecule has 0 N–H and O–H groups in total. The summed E-state index contributed by atoms with van der Waals surface area (Å²) in [7, 11) is -0.317. The van der Waals surface area contributed by atoms with Crippen molar-refractivity contribution in [1.29, 1.82) is 0 Å². The monoisotopic (exact) mass is 320 g/mol. The van der Waals surface area contributed by atoms with Crippen molar-refractivity contribution in [2.75, 3.05) is 0 Å².